The van der Waals surface area contributed by atoms with Gasteiger partial charge in [0.25, 0.3) is 0 Å². The second kappa shape index (κ2) is 7.56. The number of carbonyl (C=O) groups is 2. The summed E-state index contributed by atoms with van der Waals surface area (Å²) < 4.78 is 82.6. The van der Waals surface area contributed by atoms with Crippen LogP contribution >= 0.6 is 11.6 Å². The van der Waals surface area contributed by atoms with Gasteiger partial charge in [-0.05, 0) is 6.07 Å². The summed E-state index contributed by atoms with van der Waals surface area (Å²) >= 11 is 5.55. The number of alkyl halides is 6. The molecule has 0 aliphatic carbocycles. The van der Waals surface area contributed by atoms with Crippen molar-refractivity contribution in [1.82, 2.24) is 10.3 Å². The lowest BCUT2D eigenvalue weighted by molar-refractivity contribution is -0.206. The van der Waals surface area contributed by atoms with Gasteiger partial charge in [0.1, 0.15) is 5.82 Å². The number of carbonyl (C=O) groups excluding carboxylic acids is 2. The van der Waals surface area contributed by atoms with Crippen LogP contribution in [0.2, 0.25) is 5.02 Å². The van der Waals surface area contributed by atoms with Crippen molar-refractivity contribution in [3.8, 4) is 0 Å². The van der Waals surface area contributed by atoms with Crippen LogP contribution in [-0.4, -0.2) is 35.8 Å². The van der Waals surface area contributed by atoms with Crippen LogP contribution in [0.4, 0.5) is 32.2 Å². The average molecular weight is 408 g/mol. The van der Waals surface area contributed by atoms with Crippen molar-refractivity contribution >= 4 is 29.3 Å². The number of hydrogen-bond donors (Lipinski definition) is 2. The number of pyridine rings is 1. The lowest BCUT2D eigenvalue weighted by Gasteiger charge is -2.34. The van der Waals surface area contributed by atoms with E-state index in [1.54, 1.807) is 5.32 Å². The van der Waals surface area contributed by atoms with Crippen molar-refractivity contribution in [3.63, 3.8) is 0 Å². The molecule has 0 saturated carbocycles. The van der Waals surface area contributed by atoms with Gasteiger partial charge in [-0.25, -0.2) is 9.78 Å². The molecule has 1 atom stereocenters. The molecule has 0 saturated heterocycles. The summed E-state index contributed by atoms with van der Waals surface area (Å²) in [5.41, 5.74) is -5.12. The fraction of sp³-hybridized carbons (Fsp3) is 0.462. The van der Waals surface area contributed by atoms with E-state index in [9.17, 15) is 35.9 Å². The maximum absolute atomic E-state index is 13.6. The minimum absolute atomic E-state index is 0.217. The zero-order valence-corrected chi connectivity index (χ0v) is 13.9. The van der Waals surface area contributed by atoms with Gasteiger partial charge in [0.05, 0.1) is 17.7 Å². The first-order chi connectivity index (χ1) is 11.8. The van der Waals surface area contributed by atoms with E-state index in [0.29, 0.717) is 13.2 Å². The van der Waals surface area contributed by atoms with Gasteiger partial charge in [-0.2, -0.15) is 26.3 Å². The quantitative estimate of drug-likeness (QED) is 0.445. The summed E-state index contributed by atoms with van der Waals surface area (Å²) in [5.74, 6) is -4.08. The van der Waals surface area contributed by atoms with Gasteiger partial charge in [-0.15, -0.1) is 0 Å². The summed E-state index contributed by atoms with van der Waals surface area (Å²) in [4.78, 5) is 26.5. The predicted octanol–water partition coefficient (Wildman–Crippen LogP) is 3.12. The largest absolute Gasteiger partial charge is 0.466 e. The number of aromatic nitrogens is 1. The van der Waals surface area contributed by atoms with Gasteiger partial charge in [-0.1, -0.05) is 18.5 Å². The van der Waals surface area contributed by atoms with Crippen LogP contribution in [0, 0.1) is 0 Å². The van der Waals surface area contributed by atoms with Crippen LogP contribution in [-0.2, 0) is 20.5 Å². The number of anilines is 1. The summed E-state index contributed by atoms with van der Waals surface area (Å²) in [7, 11) is 0.629. The van der Waals surface area contributed by atoms with Gasteiger partial charge in [0.15, 0.2) is 0 Å². The molecule has 1 heterocycles. The zero-order valence-electron chi connectivity index (χ0n) is 13.2. The lowest BCUT2D eigenvalue weighted by Crippen LogP contribution is -2.69. The molecule has 0 aliphatic heterocycles. The third-order valence-electron chi connectivity index (χ3n) is 3.04. The Morgan fingerprint density at radius 1 is 1.23 bits per heavy atom. The standard InChI is InChI=1S/C13H12ClF6N3O3/c1-3-8(24)22-11(10(25)26-2,13(18,19)20)23-9-7(14)4-6(5-21-9)12(15,16)17/h4-5H,3H2,1-2H3,(H,21,23)(H,22,24). The maximum atomic E-state index is 13.6. The van der Waals surface area contributed by atoms with E-state index in [1.165, 1.54) is 12.2 Å². The Labute approximate surface area is 147 Å². The third kappa shape index (κ3) is 4.48. The van der Waals surface area contributed by atoms with Crippen LogP contribution in [0.3, 0.4) is 0 Å². The van der Waals surface area contributed by atoms with E-state index < -0.39 is 52.7 Å². The summed E-state index contributed by atoms with van der Waals surface area (Å²) in [5, 5.41) is 2.12. The highest BCUT2D eigenvalue weighted by atomic mass is 35.5. The maximum Gasteiger partial charge on any atom is 0.441 e. The molecule has 26 heavy (non-hydrogen) atoms. The molecule has 1 unspecified atom stereocenters. The molecule has 13 heteroatoms. The number of amides is 1. The van der Waals surface area contributed by atoms with Crippen LogP contribution in [0.5, 0.6) is 0 Å². The second-order valence-corrected chi connectivity index (χ2v) is 5.23. The molecule has 1 aromatic heterocycles. The van der Waals surface area contributed by atoms with Gasteiger partial charge in [0, 0.05) is 12.6 Å². The zero-order chi connectivity index (χ0) is 20.3. The number of rotatable bonds is 5. The van der Waals surface area contributed by atoms with E-state index >= 15 is 0 Å². The molecule has 0 aliphatic rings. The normalized spacial score (nSPS) is 14.3. The second-order valence-electron chi connectivity index (χ2n) is 4.82. The first kappa shape index (κ1) is 21.8. The number of halogens is 7. The Balaban J connectivity index is 3.45. The SMILES string of the molecule is CCC(=O)NC(Nc1ncc(C(F)(F)F)cc1Cl)(C(=O)OC)C(F)(F)F. The van der Waals surface area contributed by atoms with Gasteiger partial charge in [0.2, 0.25) is 5.91 Å². The van der Waals surface area contributed by atoms with Crippen molar-refractivity contribution in [2.75, 3.05) is 12.4 Å². The van der Waals surface area contributed by atoms with Crippen molar-refractivity contribution < 1.29 is 40.7 Å². The summed E-state index contributed by atoms with van der Waals surface area (Å²) in [6, 6.07) is 0.316. The fourth-order valence-electron chi connectivity index (χ4n) is 1.70. The Morgan fingerprint density at radius 3 is 2.19 bits per heavy atom. The lowest BCUT2D eigenvalue weighted by atomic mass is 10.1. The highest BCUT2D eigenvalue weighted by molar-refractivity contribution is 6.33. The van der Waals surface area contributed by atoms with E-state index in [2.05, 4.69) is 9.72 Å². The minimum atomic E-state index is -5.45. The van der Waals surface area contributed by atoms with E-state index in [1.807, 2.05) is 0 Å². The molecule has 0 spiro atoms. The average Bonchev–Trinajstić information content (AvgIpc) is 2.52. The molecule has 0 radical (unpaired) electrons. The smallest absolute Gasteiger partial charge is 0.441 e. The molecule has 6 nitrogen and oxygen atoms in total. The van der Waals surface area contributed by atoms with Crippen molar-refractivity contribution in [2.24, 2.45) is 0 Å². The van der Waals surface area contributed by atoms with Gasteiger partial charge >= 0.3 is 24.0 Å². The molecule has 2 N–H and O–H groups in total. The first-order valence-corrected chi connectivity index (χ1v) is 7.13. The summed E-state index contributed by atoms with van der Waals surface area (Å²) in [6.45, 7) is 1.22. The molecular weight excluding hydrogens is 396 g/mol. The molecule has 1 amide bonds. The predicted molar refractivity (Wildman–Crippen MR) is 77.1 cm³/mol. The number of ether oxygens (including phenoxy) is 1. The van der Waals surface area contributed by atoms with E-state index in [-0.39, 0.29) is 6.20 Å². The Bertz CT molecular complexity index is 695. The summed E-state index contributed by atoms with van der Waals surface area (Å²) in [6.07, 6.45) is -10.5. The minimum Gasteiger partial charge on any atom is -0.466 e. The molecule has 0 bridgehead atoms. The first-order valence-electron chi connectivity index (χ1n) is 6.75. The van der Waals surface area contributed by atoms with Crippen LogP contribution in [0.1, 0.15) is 18.9 Å². The topological polar surface area (TPSA) is 80.3 Å². The van der Waals surface area contributed by atoms with Gasteiger partial charge in [-0.3, -0.25) is 4.79 Å². The van der Waals surface area contributed by atoms with Gasteiger partial charge < -0.3 is 15.4 Å². The highest BCUT2D eigenvalue weighted by Crippen LogP contribution is 2.36. The number of nitrogens with zero attached hydrogens (tertiary/aromatic N) is 1. The Hall–Kier alpha value is -2.24. The molecule has 146 valence electrons. The van der Waals surface area contributed by atoms with Crippen molar-refractivity contribution in [2.45, 2.75) is 31.4 Å². The van der Waals surface area contributed by atoms with Crippen molar-refractivity contribution in [1.29, 1.82) is 0 Å². The molecule has 1 aromatic rings. The Morgan fingerprint density at radius 2 is 1.81 bits per heavy atom. The number of hydrogen-bond acceptors (Lipinski definition) is 5. The van der Waals surface area contributed by atoms with E-state index in [4.69, 9.17) is 11.6 Å². The number of methoxy groups -OCH3 is 1. The van der Waals surface area contributed by atoms with Crippen LogP contribution in [0.15, 0.2) is 12.3 Å². The van der Waals surface area contributed by atoms with Crippen LogP contribution in [0.25, 0.3) is 0 Å². The monoisotopic (exact) mass is 407 g/mol. The van der Waals surface area contributed by atoms with Crippen molar-refractivity contribution in [3.05, 3.63) is 22.8 Å². The molecular formula is C13H12ClF6N3O3. The molecule has 1 rings (SSSR count). The Kier molecular flexibility index (Phi) is 6.34. The van der Waals surface area contributed by atoms with E-state index in [0.717, 1.165) is 0 Å². The fourth-order valence-corrected chi connectivity index (χ4v) is 1.92. The number of nitrogens with one attached hydrogen (secondary N) is 2. The molecule has 0 fully saturated rings. The third-order valence-corrected chi connectivity index (χ3v) is 3.33. The molecule has 0 aromatic carbocycles. The highest BCUT2D eigenvalue weighted by Gasteiger charge is 2.63. The van der Waals surface area contributed by atoms with Crippen LogP contribution < -0.4 is 10.6 Å². The number of esters is 1.